The van der Waals surface area contributed by atoms with Crippen LogP contribution in [0.25, 0.3) is 0 Å². The van der Waals surface area contributed by atoms with Crippen LogP contribution >= 0.6 is 11.8 Å². The fourth-order valence-electron chi connectivity index (χ4n) is 2.39. The van der Waals surface area contributed by atoms with Crippen LogP contribution in [-0.2, 0) is 0 Å². The summed E-state index contributed by atoms with van der Waals surface area (Å²) >= 11 is 0.0474. The molecule has 0 heterocycles. The SMILES string of the molecule is CC1=CC(C)CC(CNCCSC(F)(F)F)C1. The van der Waals surface area contributed by atoms with E-state index in [-0.39, 0.29) is 17.5 Å². The van der Waals surface area contributed by atoms with Crippen LogP contribution in [0.4, 0.5) is 13.2 Å². The van der Waals surface area contributed by atoms with Crippen LogP contribution in [-0.4, -0.2) is 24.4 Å². The van der Waals surface area contributed by atoms with Crippen molar-refractivity contribution in [2.75, 3.05) is 18.8 Å². The molecule has 100 valence electrons. The van der Waals surface area contributed by atoms with E-state index in [9.17, 15) is 13.2 Å². The molecule has 0 aromatic carbocycles. The van der Waals surface area contributed by atoms with Crippen LogP contribution in [0.5, 0.6) is 0 Å². The molecule has 0 aromatic rings. The summed E-state index contributed by atoms with van der Waals surface area (Å²) in [5.41, 5.74) is -2.69. The highest BCUT2D eigenvalue weighted by Crippen LogP contribution is 2.29. The maximum Gasteiger partial charge on any atom is 0.441 e. The van der Waals surface area contributed by atoms with E-state index >= 15 is 0 Å². The first-order valence-corrected chi connectivity index (χ1v) is 6.94. The van der Waals surface area contributed by atoms with Crippen molar-refractivity contribution in [1.82, 2.24) is 5.32 Å². The Hall–Kier alpha value is -0.160. The van der Waals surface area contributed by atoms with Gasteiger partial charge in [0, 0.05) is 12.3 Å². The van der Waals surface area contributed by atoms with Crippen LogP contribution in [0, 0.1) is 11.8 Å². The van der Waals surface area contributed by atoms with Crippen molar-refractivity contribution in [1.29, 1.82) is 0 Å². The molecular weight excluding hydrogens is 247 g/mol. The number of hydrogen-bond donors (Lipinski definition) is 1. The summed E-state index contributed by atoms with van der Waals surface area (Å²) in [7, 11) is 0. The third kappa shape index (κ3) is 6.99. The lowest BCUT2D eigenvalue weighted by Crippen LogP contribution is -2.28. The number of alkyl halides is 3. The zero-order valence-corrected chi connectivity index (χ0v) is 11.1. The molecule has 0 radical (unpaired) electrons. The third-order valence-corrected chi connectivity index (χ3v) is 3.60. The predicted molar refractivity (Wildman–Crippen MR) is 67.0 cm³/mol. The molecule has 0 aliphatic heterocycles. The molecule has 0 saturated carbocycles. The van der Waals surface area contributed by atoms with Gasteiger partial charge in [-0.15, -0.1) is 0 Å². The van der Waals surface area contributed by atoms with Gasteiger partial charge in [0.1, 0.15) is 0 Å². The Balaban J connectivity index is 2.10. The molecule has 0 fully saturated rings. The van der Waals surface area contributed by atoms with Crippen LogP contribution in [0.2, 0.25) is 0 Å². The van der Waals surface area contributed by atoms with Crippen molar-refractivity contribution in [3.05, 3.63) is 11.6 Å². The lowest BCUT2D eigenvalue weighted by Gasteiger charge is -2.25. The van der Waals surface area contributed by atoms with E-state index in [0.29, 0.717) is 18.4 Å². The Morgan fingerprint density at radius 3 is 2.76 bits per heavy atom. The van der Waals surface area contributed by atoms with Crippen LogP contribution < -0.4 is 5.32 Å². The monoisotopic (exact) mass is 267 g/mol. The normalized spacial score (nSPS) is 25.8. The van der Waals surface area contributed by atoms with E-state index in [4.69, 9.17) is 0 Å². The van der Waals surface area contributed by atoms with Crippen molar-refractivity contribution >= 4 is 11.8 Å². The Kier molecular flexibility index (Phi) is 5.86. The van der Waals surface area contributed by atoms with Gasteiger partial charge >= 0.3 is 5.51 Å². The summed E-state index contributed by atoms with van der Waals surface area (Å²) in [4.78, 5) is 0. The Bertz CT molecular complexity index is 263. The topological polar surface area (TPSA) is 12.0 Å². The first-order chi connectivity index (χ1) is 7.87. The second kappa shape index (κ2) is 6.69. The lowest BCUT2D eigenvalue weighted by atomic mass is 9.84. The molecule has 0 saturated heterocycles. The first-order valence-electron chi connectivity index (χ1n) is 5.95. The van der Waals surface area contributed by atoms with Crippen molar-refractivity contribution in [2.45, 2.75) is 32.2 Å². The molecule has 1 N–H and O–H groups in total. The van der Waals surface area contributed by atoms with Gasteiger partial charge in [-0.1, -0.05) is 18.6 Å². The second-order valence-electron chi connectivity index (χ2n) is 4.79. The number of halogens is 3. The van der Waals surface area contributed by atoms with E-state index < -0.39 is 5.51 Å². The number of hydrogen-bond acceptors (Lipinski definition) is 2. The minimum atomic E-state index is -4.10. The summed E-state index contributed by atoms with van der Waals surface area (Å²) in [6, 6.07) is 0. The van der Waals surface area contributed by atoms with Crippen molar-refractivity contribution in [3.63, 3.8) is 0 Å². The van der Waals surface area contributed by atoms with Crippen LogP contribution in [0.15, 0.2) is 11.6 Å². The summed E-state index contributed by atoms with van der Waals surface area (Å²) < 4.78 is 35.6. The molecule has 2 unspecified atom stereocenters. The number of nitrogens with one attached hydrogen (secondary N) is 1. The van der Waals surface area contributed by atoms with Crippen LogP contribution in [0.3, 0.4) is 0 Å². The van der Waals surface area contributed by atoms with Crippen molar-refractivity contribution < 1.29 is 13.2 Å². The minimum Gasteiger partial charge on any atom is -0.316 e. The van der Waals surface area contributed by atoms with E-state index in [1.807, 2.05) is 0 Å². The van der Waals surface area contributed by atoms with Gasteiger partial charge in [0.2, 0.25) is 0 Å². The quantitative estimate of drug-likeness (QED) is 0.600. The highest BCUT2D eigenvalue weighted by atomic mass is 32.2. The number of rotatable bonds is 5. The van der Waals surface area contributed by atoms with Crippen LogP contribution in [0.1, 0.15) is 26.7 Å². The molecule has 17 heavy (non-hydrogen) atoms. The predicted octanol–water partition coefficient (Wildman–Crippen LogP) is 3.82. The zero-order chi connectivity index (χ0) is 12.9. The summed E-state index contributed by atoms with van der Waals surface area (Å²) in [6.07, 6.45) is 4.50. The molecule has 5 heteroatoms. The van der Waals surface area contributed by atoms with E-state index in [0.717, 1.165) is 19.4 Å². The smallest absolute Gasteiger partial charge is 0.316 e. The summed E-state index contributed by atoms with van der Waals surface area (Å²) in [5, 5.41) is 3.12. The molecule has 0 amide bonds. The molecule has 1 nitrogen and oxygen atoms in total. The molecule has 0 bridgehead atoms. The van der Waals surface area contributed by atoms with E-state index in [2.05, 4.69) is 25.2 Å². The van der Waals surface area contributed by atoms with Gasteiger partial charge in [-0.2, -0.15) is 13.2 Å². The van der Waals surface area contributed by atoms with Gasteiger partial charge in [0.25, 0.3) is 0 Å². The fourth-order valence-corrected chi connectivity index (χ4v) is 2.86. The van der Waals surface area contributed by atoms with E-state index in [1.54, 1.807) is 0 Å². The minimum absolute atomic E-state index is 0.0474. The molecule has 0 spiro atoms. The molecular formula is C12H20F3NS. The van der Waals surface area contributed by atoms with Gasteiger partial charge in [-0.05, 0) is 49.9 Å². The third-order valence-electron chi connectivity index (χ3n) is 2.86. The van der Waals surface area contributed by atoms with Crippen molar-refractivity contribution in [2.24, 2.45) is 11.8 Å². The number of allylic oxidation sites excluding steroid dienone is 2. The van der Waals surface area contributed by atoms with Crippen molar-refractivity contribution in [3.8, 4) is 0 Å². The summed E-state index contributed by atoms with van der Waals surface area (Å²) in [5.74, 6) is 1.27. The average Bonchev–Trinajstić information content (AvgIpc) is 2.13. The molecule has 2 atom stereocenters. The molecule has 0 aromatic heterocycles. The standard InChI is InChI=1S/C12H20F3NS/c1-9-5-10(2)7-11(6-9)8-16-3-4-17-12(13,14)15/h5,9,11,16H,3-4,6-8H2,1-2H3. The lowest BCUT2D eigenvalue weighted by molar-refractivity contribution is -0.0327. The van der Waals surface area contributed by atoms with Gasteiger partial charge in [-0.25, -0.2) is 0 Å². The van der Waals surface area contributed by atoms with Gasteiger partial charge in [0.05, 0.1) is 0 Å². The summed E-state index contributed by atoms with van der Waals surface area (Å²) in [6.45, 7) is 5.57. The largest absolute Gasteiger partial charge is 0.441 e. The maximum absolute atomic E-state index is 11.9. The number of thioether (sulfide) groups is 1. The maximum atomic E-state index is 11.9. The Morgan fingerprint density at radius 2 is 2.18 bits per heavy atom. The van der Waals surface area contributed by atoms with Gasteiger partial charge in [0.15, 0.2) is 0 Å². The first kappa shape index (κ1) is 14.9. The molecule has 1 aliphatic carbocycles. The highest BCUT2D eigenvalue weighted by Gasteiger charge is 2.27. The fraction of sp³-hybridized carbons (Fsp3) is 0.833. The van der Waals surface area contributed by atoms with Gasteiger partial charge < -0.3 is 5.32 Å². The Labute approximate surface area is 105 Å². The second-order valence-corrected chi connectivity index (χ2v) is 5.95. The van der Waals surface area contributed by atoms with E-state index in [1.165, 1.54) is 5.57 Å². The highest BCUT2D eigenvalue weighted by molar-refractivity contribution is 8.00. The average molecular weight is 267 g/mol. The Morgan fingerprint density at radius 1 is 1.47 bits per heavy atom. The van der Waals surface area contributed by atoms with Gasteiger partial charge in [-0.3, -0.25) is 0 Å². The molecule has 1 aliphatic rings. The zero-order valence-electron chi connectivity index (χ0n) is 10.3. The molecule has 1 rings (SSSR count).